The maximum Gasteiger partial charge on any atom is 0.278 e. The number of carbonyl (C=O) groups is 2. The second kappa shape index (κ2) is 6.76. The Morgan fingerprint density at radius 3 is 2.83 bits per heavy atom. The molecule has 0 bridgehead atoms. The summed E-state index contributed by atoms with van der Waals surface area (Å²) in [7, 11) is 0. The molecule has 7 heteroatoms. The minimum Gasteiger partial charge on any atom is -0.365 e. The van der Waals surface area contributed by atoms with Gasteiger partial charge in [-0.25, -0.2) is 0 Å². The van der Waals surface area contributed by atoms with Crippen molar-refractivity contribution in [2.45, 2.75) is 46.0 Å². The number of rotatable bonds is 5. The number of thiophene rings is 1. The van der Waals surface area contributed by atoms with Crippen LogP contribution in [0.25, 0.3) is 0 Å². The fourth-order valence-corrected chi connectivity index (χ4v) is 4.29. The lowest BCUT2D eigenvalue weighted by atomic mass is 9.95. The molecule has 1 aliphatic carbocycles. The Bertz CT molecular complexity index is 776. The van der Waals surface area contributed by atoms with Crippen LogP contribution in [-0.4, -0.2) is 17.0 Å². The van der Waals surface area contributed by atoms with Crippen LogP contribution in [0.3, 0.4) is 0 Å². The van der Waals surface area contributed by atoms with E-state index in [0.717, 1.165) is 42.5 Å². The molecule has 0 aromatic carbocycles. The topological polar surface area (TPSA) is 98.2 Å². The summed E-state index contributed by atoms with van der Waals surface area (Å²) in [4.78, 5) is 25.4. The third-order valence-corrected chi connectivity index (χ3v) is 5.25. The van der Waals surface area contributed by atoms with E-state index in [4.69, 9.17) is 10.3 Å². The highest BCUT2D eigenvalue weighted by Gasteiger charge is 2.25. The summed E-state index contributed by atoms with van der Waals surface area (Å²) >= 11 is 1.44. The molecule has 2 heterocycles. The molecule has 6 nitrogen and oxygen atoms in total. The monoisotopic (exact) mass is 347 g/mol. The Labute approximate surface area is 144 Å². The zero-order valence-electron chi connectivity index (χ0n) is 13.8. The number of aromatic nitrogens is 1. The van der Waals surface area contributed by atoms with E-state index in [0.29, 0.717) is 22.2 Å². The first-order valence-electron chi connectivity index (χ1n) is 8.17. The third kappa shape index (κ3) is 3.36. The lowest BCUT2D eigenvalue weighted by Crippen LogP contribution is -2.18. The molecular formula is C17H21N3O3S. The standard InChI is InChI=1S/C17H21N3O3S/c1-9(2)7-10-8-12(20-23-10)16(22)19-17-14(15(18)21)11-5-3-4-6-13(11)24-17/h8-9H,3-7H2,1-2H3,(H2,18,21)(H,19,22). The molecule has 3 rings (SSSR count). The van der Waals surface area contributed by atoms with E-state index in [9.17, 15) is 9.59 Å². The smallest absolute Gasteiger partial charge is 0.278 e. The second-order valence-electron chi connectivity index (χ2n) is 6.51. The molecule has 0 unspecified atom stereocenters. The van der Waals surface area contributed by atoms with Crippen LogP contribution >= 0.6 is 11.3 Å². The van der Waals surface area contributed by atoms with Crippen molar-refractivity contribution in [3.63, 3.8) is 0 Å². The molecular weight excluding hydrogens is 326 g/mol. The Morgan fingerprint density at radius 2 is 2.12 bits per heavy atom. The van der Waals surface area contributed by atoms with Gasteiger partial charge in [0, 0.05) is 17.4 Å². The van der Waals surface area contributed by atoms with Crippen LogP contribution in [0.2, 0.25) is 0 Å². The number of carbonyl (C=O) groups excluding carboxylic acids is 2. The van der Waals surface area contributed by atoms with E-state index in [2.05, 4.69) is 24.3 Å². The van der Waals surface area contributed by atoms with E-state index >= 15 is 0 Å². The van der Waals surface area contributed by atoms with Crippen molar-refractivity contribution in [2.75, 3.05) is 5.32 Å². The zero-order valence-corrected chi connectivity index (χ0v) is 14.7. The molecule has 2 aromatic rings. The van der Waals surface area contributed by atoms with Crippen LogP contribution < -0.4 is 11.1 Å². The van der Waals surface area contributed by atoms with Gasteiger partial charge in [0.1, 0.15) is 10.8 Å². The van der Waals surface area contributed by atoms with Crippen molar-refractivity contribution < 1.29 is 14.1 Å². The minimum atomic E-state index is -0.495. The number of nitrogens with one attached hydrogen (secondary N) is 1. The lowest BCUT2D eigenvalue weighted by Gasteiger charge is -2.11. The summed E-state index contributed by atoms with van der Waals surface area (Å²) in [6.45, 7) is 4.13. The SMILES string of the molecule is CC(C)Cc1cc(C(=O)Nc2sc3c(c2C(N)=O)CCCC3)no1. The number of nitrogens with two attached hydrogens (primary N) is 1. The van der Waals surface area contributed by atoms with Crippen LogP contribution in [0.1, 0.15) is 63.7 Å². The summed E-state index contributed by atoms with van der Waals surface area (Å²) in [5.74, 6) is 0.218. The van der Waals surface area contributed by atoms with Gasteiger partial charge in [-0.2, -0.15) is 0 Å². The Kier molecular flexibility index (Phi) is 4.71. The van der Waals surface area contributed by atoms with E-state index < -0.39 is 5.91 Å². The molecule has 24 heavy (non-hydrogen) atoms. The van der Waals surface area contributed by atoms with Crippen LogP contribution in [0.4, 0.5) is 5.00 Å². The highest BCUT2D eigenvalue weighted by molar-refractivity contribution is 7.17. The third-order valence-electron chi connectivity index (χ3n) is 4.05. The number of nitrogens with zero attached hydrogens (tertiary/aromatic N) is 1. The largest absolute Gasteiger partial charge is 0.365 e. The molecule has 0 fully saturated rings. The number of hydrogen-bond donors (Lipinski definition) is 2. The van der Waals surface area contributed by atoms with Crippen molar-refractivity contribution in [1.82, 2.24) is 5.16 Å². The normalized spacial score (nSPS) is 13.8. The molecule has 128 valence electrons. The van der Waals surface area contributed by atoms with Crippen LogP contribution in [0, 0.1) is 5.92 Å². The number of fused-ring (bicyclic) bond motifs is 1. The predicted octanol–water partition coefficient (Wildman–Crippen LogP) is 3.16. The predicted molar refractivity (Wildman–Crippen MR) is 92.5 cm³/mol. The molecule has 0 saturated carbocycles. The van der Waals surface area contributed by atoms with E-state index in [1.54, 1.807) is 6.07 Å². The molecule has 3 N–H and O–H groups in total. The van der Waals surface area contributed by atoms with Gasteiger partial charge in [0.25, 0.3) is 11.8 Å². The average molecular weight is 347 g/mol. The van der Waals surface area contributed by atoms with Crippen molar-refractivity contribution in [1.29, 1.82) is 0 Å². The molecule has 0 aliphatic heterocycles. The maximum atomic E-state index is 12.4. The van der Waals surface area contributed by atoms with Gasteiger partial charge in [0.05, 0.1) is 5.56 Å². The summed E-state index contributed by atoms with van der Waals surface area (Å²) in [6, 6.07) is 1.65. The number of aryl methyl sites for hydroxylation is 1. The molecule has 0 atom stereocenters. The number of anilines is 1. The molecule has 1 aliphatic rings. The Balaban J connectivity index is 1.83. The molecule has 2 aromatic heterocycles. The van der Waals surface area contributed by atoms with Gasteiger partial charge in [0.15, 0.2) is 5.69 Å². The van der Waals surface area contributed by atoms with Gasteiger partial charge in [0.2, 0.25) is 0 Å². The summed E-state index contributed by atoms with van der Waals surface area (Å²) in [6.07, 6.45) is 4.63. The van der Waals surface area contributed by atoms with Crippen molar-refractivity contribution in [2.24, 2.45) is 11.7 Å². The maximum absolute atomic E-state index is 12.4. The average Bonchev–Trinajstić information content (AvgIpc) is 3.10. The van der Waals surface area contributed by atoms with Gasteiger partial charge in [-0.15, -0.1) is 11.3 Å². The fraction of sp³-hybridized carbons (Fsp3) is 0.471. The first kappa shape index (κ1) is 16.7. The Morgan fingerprint density at radius 1 is 1.38 bits per heavy atom. The zero-order chi connectivity index (χ0) is 17.3. The molecule has 0 spiro atoms. The first-order chi connectivity index (χ1) is 11.5. The number of hydrogen-bond acceptors (Lipinski definition) is 5. The van der Waals surface area contributed by atoms with Crippen LogP contribution in [0.5, 0.6) is 0 Å². The summed E-state index contributed by atoms with van der Waals surface area (Å²) in [5, 5.41) is 7.13. The van der Waals surface area contributed by atoms with Gasteiger partial charge in [-0.05, 0) is 37.2 Å². The van der Waals surface area contributed by atoms with Gasteiger partial charge < -0.3 is 15.6 Å². The highest BCUT2D eigenvalue weighted by Crippen LogP contribution is 2.38. The minimum absolute atomic E-state index is 0.215. The van der Waals surface area contributed by atoms with Gasteiger partial charge >= 0.3 is 0 Å². The van der Waals surface area contributed by atoms with Crippen LogP contribution in [0.15, 0.2) is 10.6 Å². The van der Waals surface area contributed by atoms with E-state index in [-0.39, 0.29) is 11.6 Å². The lowest BCUT2D eigenvalue weighted by molar-refractivity contribution is 0.100. The highest BCUT2D eigenvalue weighted by atomic mass is 32.1. The molecule has 0 radical (unpaired) electrons. The summed E-state index contributed by atoms with van der Waals surface area (Å²) < 4.78 is 5.19. The molecule has 2 amide bonds. The number of primary amides is 1. The van der Waals surface area contributed by atoms with Crippen molar-refractivity contribution in [3.05, 3.63) is 33.5 Å². The Hall–Kier alpha value is -2.15. The summed E-state index contributed by atoms with van der Waals surface area (Å²) in [5.41, 5.74) is 7.20. The second-order valence-corrected chi connectivity index (χ2v) is 7.62. The van der Waals surface area contributed by atoms with Gasteiger partial charge in [-0.3, -0.25) is 9.59 Å². The molecule has 0 saturated heterocycles. The van der Waals surface area contributed by atoms with Crippen LogP contribution in [-0.2, 0) is 19.3 Å². The van der Waals surface area contributed by atoms with Crippen molar-refractivity contribution >= 4 is 28.2 Å². The fourth-order valence-electron chi connectivity index (χ4n) is 3.00. The van der Waals surface area contributed by atoms with E-state index in [1.807, 2.05) is 0 Å². The first-order valence-corrected chi connectivity index (χ1v) is 8.98. The van der Waals surface area contributed by atoms with Gasteiger partial charge in [-0.1, -0.05) is 19.0 Å². The number of amides is 2. The van der Waals surface area contributed by atoms with Crippen molar-refractivity contribution in [3.8, 4) is 0 Å². The van der Waals surface area contributed by atoms with E-state index in [1.165, 1.54) is 11.3 Å². The quantitative estimate of drug-likeness (QED) is 0.868.